The number of rotatable bonds is 4. The lowest BCUT2D eigenvalue weighted by Crippen LogP contribution is -2.40. The van der Waals surface area contributed by atoms with E-state index < -0.39 is 12.1 Å². The first kappa shape index (κ1) is 17.5. The van der Waals surface area contributed by atoms with E-state index in [0.717, 1.165) is 31.6 Å². The zero-order valence-electron chi connectivity index (χ0n) is 14.3. The van der Waals surface area contributed by atoms with E-state index in [4.69, 9.17) is 4.74 Å². The maximum atomic E-state index is 12.2. The van der Waals surface area contributed by atoms with Crippen LogP contribution in [0.5, 0.6) is 0 Å². The maximum absolute atomic E-state index is 12.2. The van der Waals surface area contributed by atoms with E-state index in [1.165, 1.54) is 0 Å². The van der Waals surface area contributed by atoms with Crippen molar-refractivity contribution in [1.29, 1.82) is 0 Å². The Hall–Kier alpha value is -1.82. The van der Waals surface area contributed by atoms with Crippen molar-refractivity contribution in [2.45, 2.75) is 46.6 Å². The van der Waals surface area contributed by atoms with Crippen LogP contribution in [0.25, 0.3) is 0 Å². The van der Waals surface area contributed by atoms with E-state index in [9.17, 15) is 14.7 Å². The van der Waals surface area contributed by atoms with Gasteiger partial charge in [-0.05, 0) is 45.1 Å². The number of carbonyl (C=O) groups is 2. The van der Waals surface area contributed by atoms with Crippen molar-refractivity contribution < 1.29 is 19.4 Å². The molecule has 0 radical (unpaired) electrons. The Bertz CT molecular complexity index is 584. The van der Waals surface area contributed by atoms with Crippen LogP contribution in [0.1, 0.15) is 60.1 Å². The van der Waals surface area contributed by atoms with Gasteiger partial charge in [-0.3, -0.25) is 4.79 Å². The van der Waals surface area contributed by atoms with Gasteiger partial charge < -0.3 is 19.7 Å². The molecule has 0 unspecified atom stereocenters. The topological polar surface area (TPSA) is 82.6 Å². The van der Waals surface area contributed by atoms with Crippen molar-refractivity contribution in [3.8, 4) is 0 Å². The average molecular weight is 322 g/mol. The van der Waals surface area contributed by atoms with Gasteiger partial charge in [0, 0.05) is 24.3 Å². The predicted molar refractivity (Wildman–Crippen MR) is 86.2 cm³/mol. The highest BCUT2D eigenvalue weighted by molar-refractivity contribution is 5.91. The third-order valence-corrected chi connectivity index (χ3v) is 4.58. The summed E-state index contributed by atoms with van der Waals surface area (Å²) in [5, 5.41) is 9.76. The van der Waals surface area contributed by atoms with Gasteiger partial charge in [-0.1, -0.05) is 6.92 Å². The van der Waals surface area contributed by atoms with Crippen LogP contribution in [0.3, 0.4) is 0 Å². The number of aliphatic hydroxyl groups excluding tert-OH is 1. The van der Waals surface area contributed by atoms with E-state index in [2.05, 4.69) is 11.9 Å². The number of carbonyl (C=O) groups excluding carboxylic acids is 2. The zero-order valence-corrected chi connectivity index (χ0v) is 14.3. The Kier molecular flexibility index (Phi) is 5.46. The molecule has 128 valence electrons. The minimum Gasteiger partial charge on any atom is -0.451 e. The minimum absolute atomic E-state index is 0.151. The van der Waals surface area contributed by atoms with E-state index >= 15 is 0 Å². The van der Waals surface area contributed by atoms with E-state index in [1.54, 1.807) is 25.7 Å². The normalized spacial score (nSPS) is 17.2. The largest absolute Gasteiger partial charge is 0.451 e. The van der Waals surface area contributed by atoms with Gasteiger partial charge in [0.1, 0.15) is 5.69 Å². The van der Waals surface area contributed by atoms with Crippen molar-refractivity contribution >= 4 is 11.9 Å². The molecule has 1 aliphatic heterocycles. The number of hydrogen-bond donors (Lipinski definition) is 2. The Morgan fingerprint density at radius 2 is 1.96 bits per heavy atom. The van der Waals surface area contributed by atoms with Gasteiger partial charge in [0.25, 0.3) is 5.91 Å². The summed E-state index contributed by atoms with van der Waals surface area (Å²) in [5.41, 5.74) is 2.41. The fourth-order valence-corrected chi connectivity index (χ4v) is 3.14. The number of aryl methyl sites for hydroxylation is 1. The van der Waals surface area contributed by atoms with Crippen molar-refractivity contribution in [2.24, 2.45) is 5.92 Å². The lowest BCUT2D eigenvalue weighted by Gasteiger charge is -2.30. The van der Waals surface area contributed by atoms with Crippen LogP contribution in [-0.4, -0.2) is 46.6 Å². The molecule has 1 aliphatic rings. The van der Waals surface area contributed by atoms with Crippen molar-refractivity contribution in [2.75, 3.05) is 19.7 Å². The number of H-pyrrole nitrogens is 1. The number of aliphatic hydroxyl groups is 1. The second kappa shape index (κ2) is 7.17. The molecule has 23 heavy (non-hydrogen) atoms. The Balaban J connectivity index is 1.95. The van der Waals surface area contributed by atoms with Crippen LogP contribution >= 0.6 is 0 Å². The van der Waals surface area contributed by atoms with Crippen LogP contribution in [-0.2, 0) is 9.53 Å². The van der Waals surface area contributed by atoms with Crippen LogP contribution in [0.2, 0.25) is 0 Å². The molecule has 0 saturated carbocycles. The SMILES string of the molecule is Cc1[nH]c(C(=O)OCC(=O)N2CCC(C)CC2)c(C)c1[C@@H](C)O. The Morgan fingerprint density at radius 3 is 2.48 bits per heavy atom. The molecular formula is C17H26N2O4. The van der Waals surface area contributed by atoms with Crippen LogP contribution in [0.4, 0.5) is 0 Å². The molecule has 6 heteroatoms. The van der Waals surface area contributed by atoms with Gasteiger partial charge in [0.05, 0.1) is 6.10 Å². The van der Waals surface area contributed by atoms with Gasteiger partial charge in [0.2, 0.25) is 0 Å². The number of hydrogen-bond acceptors (Lipinski definition) is 4. The molecule has 1 fully saturated rings. The van der Waals surface area contributed by atoms with Gasteiger partial charge in [-0.2, -0.15) is 0 Å². The second-order valence-electron chi connectivity index (χ2n) is 6.48. The highest BCUT2D eigenvalue weighted by Crippen LogP contribution is 2.25. The summed E-state index contributed by atoms with van der Waals surface area (Å²) in [6, 6.07) is 0. The van der Waals surface area contributed by atoms with Crippen molar-refractivity contribution in [1.82, 2.24) is 9.88 Å². The van der Waals surface area contributed by atoms with Gasteiger partial charge in [-0.25, -0.2) is 4.79 Å². The molecule has 1 atom stereocenters. The van der Waals surface area contributed by atoms with Gasteiger partial charge in [-0.15, -0.1) is 0 Å². The highest BCUT2D eigenvalue weighted by atomic mass is 16.5. The lowest BCUT2D eigenvalue weighted by atomic mass is 9.99. The Labute approximate surface area is 136 Å². The number of likely N-dealkylation sites (tertiary alicyclic amines) is 1. The summed E-state index contributed by atoms with van der Waals surface area (Å²) in [6.07, 6.45) is 1.32. The predicted octanol–water partition coefficient (Wildman–Crippen LogP) is 2.10. The molecule has 6 nitrogen and oxygen atoms in total. The molecule has 0 bridgehead atoms. The summed E-state index contributed by atoms with van der Waals surface area (Å²) in [5.74, 6) is -0.0665. The monoisotopic (exact) mass is 322 g/mol. The summed E-state index contributed by atoms with van der Waals surface area (Å²) in [4.78, 5) is 29.0. The second-order valence-corrected chi connectivity index (χ2v) is 6.48. The minimum atomic E-state index is -0.662. The van der Waals surface area contributed by atoms with Crippen LogP contribution in [0, 0.1) is 19.8 Å². The fourth-order valence-electron chi connectivity index (χ4n) is 3.14. The van der Waals surface area contributed by atoms with E-state index in [-0.39, 0.29) is 12.5 Å². The van der Waals surface area contributed by atoms with E-state index in [1.807, 2.05) is 0 Å². The molecule has 0 spiro atoms. The number of nitrogens with zero attached hydrogens (tertiary/aromatic N) is 1. The van der Waals surface area contributed by atoms with Crippen LogP contribution in [0.15, 0.2) is 0 Å². The molecule has 2 rings (SSSR count). The smallest absolute Gasteiger partial charge is 0.355 e. The summed E-state index contributed by atoms with van der Waals surface area (Å²) in [6.45, 7) is 8.60. The first-order valence-electron chi connectivity index (χ1n) is 8.13. The molecule has 0 aliphatic carbocycles. The number of nitrogens with one attached hydrogen (secondary N) is 1. The maximum Gasteiger partial charge on any atom is 0.355 e. The first-order chi connectivity index (χ1) is 10.8. The quantitative estimate of drug-likeness (QED) is 0.832. The van der Waals surface area contributed by atoms with Crippen LogP contribution < -0.4 is 0 Å². The number of ether oxygens (including phenoxy) is 1. The molecule has 1 aromatic rings. The highest BCUT2D eigenvalue weighted by Gasteiger charge is 2.24. The van der Waals surface area contributed by atoms with Crippen molar-refractivity contribution in [3.05, 3.63) is 22.5 Å². The number of aromatic amines is 1. The lowest BCUT2D eigenvalue weighted by molar-refractivity contribution is -0.135. The molecule has 1 aromatic heterocycles. The molecule has 2 N–H and O–H groups in total. The number of amides is 1. The molecular weight excluding hydrogens is 296 g/mol. The van der Waals surface area contributed by atoms with E-state index in [0.29, 0.717) is 22.7 Å². The average Bonchev–Trinajstić information content (AvgIpc) is 2.80. The molecule has 0 aromatic carbocycles. The van der Waals surface area contributed by atoms with Crippen molar-refractivity contribution in [3.63, 3.8) is 0 Å². The third kappa shape index (κ3) is 3.93. The number of esters is 1. The standard InChI is InChI=1S/C17H26N2O4/c1-10-5-7-19(8-6-10)14(21)9-23-17(22)16-11(2)15(13(4)20)12(3)18-16/h10,13,18,20H,5-9H2,1-4H3/t13-/m1/s1. The Morgan fingerprint density at radius 1 is 1.35 bits per heavy atom. The van der Waals surface area contributed by atoms with Gasteiger partial charge >= 0.3 is 5.97 Å². The van der Waals surface area contributed by atoms with Gasteiger partial charge in [0.15, 0.2) is 6.61 Å². The fraction of sp³-hybridized carbons (Fsp3) is 0.647. The number of piperidine rings is 1. The summed E-state index contributed by atoms with van der Waals surface area (Å²) >= 11 is 0. The molecule has 1 amide bonds. The molecule has 1 saturated heterocycles. The molecule has 2 heterocycles. The zero-order chi connectivity index (χ0) is 17.1. The summed E-state index contributed by atoms with van der Waals surface area (Å²) < 4.78 is 5.16. The summed E-state index contributed by atoms with van der Waals surface area (Å²) in [7, 11) is 0. The number of aromatic nitrogens is 1. The first-order valence-corrected chi connectivity index (χ1v) is 8.13. The third-order valence-electron chi connectivity index (χ3n) is 4.58.